The number of hydrogen-bond acceptors (Lipinski definition) is 2. The van der Waals surface area contributed by atoms with Crippen molar-refractivity contribution < 1.29 is 9.90 Å². The highest BCUT2D eigenvalue weighted by molar-refractivity contribution is 5.93. The molecular weight excluding hydrogens is 310 g/mol. The Balaban J connectivity index is 1.82. The second kappa shape index (κ2) is 10.5. The molecule has 0 radical (unpaired) electrons. The van der Waals surface area contributed by atoms with Gasteiger partial charge in [0.1, 0.15) is 5.75 Å². The molecular formula is C22H29NO2. The zero-order chi connectivity index (χ0) is 17.9. The number of hydrogen-bond donors (Lipinski definition) is 2. The second-order valence-electron chi connectivity index (χ2n) is 6.52. The molecule has 3 nitrogen and oxygen atoms in total. The maximum Gasteiger partial charge on any atom is 0.224 e. The first-order valence-electron chi connectivity index (χ1n) is 9.39. The van der Waals surface area contributed by atoms with Crippen molar-refractivity contribution in [2.75, 3.05) is 5.32 Å². The van der Waals surface area contributed by atoms with Gasteiger partial charge in [-0.3, -0.25) is 4.79 Å². The van der Waals surface area contributed by atoms with Crippen LogP contribution in [0.4, 0.5) is 5.69 Å². The van der Waals surface area contributed by atoms with Crippen LogP contribution in [0.1, 0.15) is 58.3 Å². The zero-order valence-corrected chi connectivity index (χ0v) is 15.1. The number of phenols is 1. The fourth-order valence-electron chi connectivity index (χ4n) is 2.90. The monoisotopic (exact) mass is 339 g/mol. The zero-order valence-electron chi connectivity index (χ0n) is 15.1. The van der Waals surface area contributed by atoms with Crippen molar-refractivity contribution in [1.82, 2.24) is 0 Å². The summed E-state index contributed by atoms with van der Waals surface area (Å²) in [7, 11) is 0. The third-order valence-electron chi connectivity index (χ3n) is 4.39. The van der Waals surface area contributed by atoms with E-state index in [1.54, 1.807) is 6.07 Å². The Bertz CT molecular complexity index is 652. The third kappa shape index (κ3) is 6.61. The summed E-state index contributed by atoms with van der Waals surface area (Å²) in [5, 5.41) is 12.9. The normalized spacial score (nSPS) is 10.6. The van der Waals surface area contributed by atoms with Crippen molar-refractivity contribution in [2.45, 2.75) is 58.3 Å². The number of amides is 1. The number of anilines is 1. The molecule has 25 heavy (non-hydrogen) atoms. The van der Waals surface area contributed by atoms with Crippen LogP contribution in [-0.2, 0) is 4.79 Å². The van der Waals surface area contributed by atoms with E-state index >= 15 is 0 Å². The van der Waals surface area contributed by atoms with Gasteiger partial charge < -0.3 is 10.4 Å². The van der Waals surface area contributed by atoms with Gasteiger partial charge in [-0.05, 0) is 29.7 Å². The minimum Gasteiger partial charge on any atom is -0.506 e. The molecule has 2 aromatic carbocycles. The number of nitrogens with one attached hydrogen (secondary N) is 1. The number of rotatable bonds is 10. The van der Waals surface area contributed by atoms with Crippen molar-refractivity contribution in [3.63, 3.8) is 0 Å². The number of unbranched alkanes of at least 4 members (excludes halogenated alkanes) is 6. The Labute approximate surface area is 151 Å². The van der Waals surface area contributed by atoms with Crippen molar-refractivity contribution in [2.24, 2.45) is 0 Å². The lowest BCUT2D eigenvalue weighted by Crippen LogP contribution is -2.11. The molecule has 0 heterocycles. The Morgan fingerprint density at radius 3 is 2.28 bits per heavy atom. The summed E-state index contributed by atoms with van der Waals surface area (Å²) in [6.45, 7) is 2.21. The number of benzene rings is 2. The first-order chi connectivity index (χ1) is 12.2. The van der Waals surface area contributed by atoms with E-state index in [0.29, 0.717) is 12.1 Å². The van der Waals surface area contributed by atoms with Crippen LogP contribution in [-0.4, -0.2) is 11.0 Å². The molecule has 0 spiro atoms. The van der Waals surface area contributed by atoms with E-state index in [2.05, 4.69) is 12.2 Å². The summed E-state index contributed by atoms with van der Waals surface area (Å²) in [6.07, 6.45) is 8.80. The van der Waals surface area contributed by atoms with Gasteiger partial charge in [0.25, 0.3) is 0 Å². The lowest BCUT2D eigenvalue weighted by atomic mass is 10.0. The van der Waals surface area contributed by atoms with Crippen LogP contribution in [0.2, 0.25) is 0 Å². The van der Waals surface area contributed by atoms with Crippen LogP contribution >= 0.6 is 0 Å². The molecule has 134 valence electrons. The van der Waals surface area contributed by atoms with Crippen LogP contribution in [0.3, 0.4) is 0 Å². The largest absolute Gasteiger partial charge is 0.506 e. The first kappa shape index (κ1) is 19.0. The molecule has 0 bridgehead atoms. The summed E-state index contributed by atoms with van der Waals surface area (Å²) < 4.78 is 0. The SMILES string of the molecule is CCCCCCCCCC(=O)Nc1cc(-c2ccccc2)ccc1O. The molecule has 0 atom stereocenters. The smallest absolute Gasteiger partial charge is 0.224 e. The summed E-state index contributed by atoms with van der Waals surface area (Å²) in [5.41, 5.74) is 2.52. The van der Waals surface area contributed by atoms with Crippen LogP contribution in [0.5, 0.6) is 5.75 Å². The lowest BCUT2D eigenvalue weighted by Gasteiger charge is -2.10. The van der Waals surface area contributed by atoms with Gasteiger partial charge in [-0.2, -0.15) is 0 Å². The average Bonchev–Trinajstić information content (AvgIpc) is 2.63. The van der Waals surface area contributed by atoms with Gasteiger partial charge in [0.2, 0.25) is 5.91 Å². The van der Waals surface area contributed by atoms with Crippen molar-refractivity contribution in [3.8, 4) is 16.9 Å². The molecule has 2 rings (SSSR count). The predicted octanol–water partition coefficient (Wildman–Crippen LogP) is 6.14. The minimum absolute atomic E-state index is 0.0333. The minimum atomic E-state index is -0.0333. The Morgan fingerprint density at radius 1 is 0.880 bits per heavy atom. The average molecular weight is 339 g/mol. The molecule has 0 fully saturated rings. The van der Waals surface area contributed by atoms with Gasteiger partial charge in [-0.25, -0.2) is 0 Å². The standard InChI is InChI=1S/C22H29NO2/c1-2-3-4-5-6-7-11-14-22(25)23-20-17-19(15-16-21(20)24)18-12-9-8-10-13-18/h8-10,12-13,15-17,24H,2-7,11,14H2,1H3,(H,23,25). The molecule has 0 aliphatic carbocycles. The van der Waals surface area contributed by atoms with Gasteiger partial charge in [0, 0.05) is 6.42 Å². The molecule has 1 amide bonds. The van der Waals surface area contributed by atoms with E-state index in [1.807, 2.05) is 42.5 Å². The van der Waals surface area contributed by atoms with E-state index in [0.717, 1.165) is 24.0 Å². The van der Waals surface area contributed by atoms with E-state index in [9.17, 15) is 9.90 Å². The van der Waals surface area contributed by atoms with Crippen molar-refractivity contribution in [1.29, 1.82) is 0 Å². The molecule has 0 unspecified atom stereocenters. The number of phenolic OH excluding ortho intramolecular Hbond substituents is 1. The summed E-state index contributed by atoms with van der Waals surface area (Å²) in [6, 6.07) is 15.2. The molecule has 0 saturated carbocycles. The van der Waals surface area contributed by atoms with Gasteiger partial charge in [-0.1, -0.05) is 81.8 Å². The molecule has 2 aromatic rings. The fraction of sp³-hybridized carbons (Fsp3) is 0.409. The summed E-state index contributed by atoms with van der Waals surface area (Å²) in [4.78, 5) is 12.1. The summed E-state index contributed by atoms with van der Waals surface area (Å²) in [5.74, 6) is 0.0710. The van der Waals surface area contributed by atoms with Crippen LogP contribution in [0, 0.1) is 0 Å². The lowest BCUT2D eigenvalue weighted by molar-refractivity contribution is -0.116. The molecule has 0 aliphatic rings. The Kier molecular flexibility index (Phi) is 8.03. The molecule has 0 aromatic heterocycles. The highest BCUT2D eigenvalue weighted by Crippen LogP contribution is 2.29. The predicted molar refractivity (Wildman–Crippen MR) is 105 cm³/mol. The topological polar surface area (TPSA) is 49.3 Å². The number of carbonyl (C=O) groups excluding carboxylic acids is 1. The number of aromatic hydroxyl groups is 1. The quantitative estimate of drug-likeness (QED) is 0.403. The molecule has 2 N–H and O–H groups in total. The van der Waals surface area contributed by atoms with Gasteiger partial charge in [0.05, 0.1) is 5.69 Å². The van der Waals surface area contributed by atoms with Gasteiger partial charge >= 0.3 is 0 Å². The Hall–Kier alpha value is -2.29. The molecule has 0 aliphatic heterocycles. The van der Waals surface area contributed by atoms with Gasteiger partial charge in [0.15, 0.2) is 0 Å². The highest BCUT2D eigenvalue weighted by atomic mass is 16.3. The second-order valence-corrected chi connectivity index (χ2v) is 6.52. The van der Waals surface area contributed by atoms with E-state index in [-0.39, 0.29) is 11.7 Å². The first-order valence-corrected chi connectivity index (χ1v) is 9.39. The maximum absolute atomic E-state index is 12.1. The van der Waals surface area contributed by atoms with E-state index in [4.69, 9.17) is 0 Å². The maximum atomic E-state index is 12.1. The van der Waals surface area contributed by atoms with Gasteiger partial charge in [-0.15, -0.1) is 0 Å². The molecule has 0 saturated heterocycles. The Morgan fingerprint density at radius 2 is 1.56 bits per heavy atom. The summed E-state index contributed by atoms with van der Waals surface area (Å²) >= 11 is 0. The van der Waals surface area contributed by atoms with Crippen molar-refractivity contribution in [3.05, 3.63) is 48.5 Å². The van der Waals surface area contributed by atoms with E-state index < -0.39 is 0 Å². The fourth-order valence-corrected chi connectivity index (χ4v) is 2.90. The third-order valence-corrected chi connectivity index (χ3v) is 4.39. The van der Waals surface area contributed by atoms with E-state index in [1.165, 1.54) is 32.1 Å². The highest BCUT2D eigenvalue weighted by Gasteiger charge is 2.08. The van der Waals surface area contributed by atoms with Crippen molar-refractivity contribution >= 4 is 11.6 Å². The molecule has 3 heteroatoms. The number of carbonyl (C=O) groups is 1. The van der Waals surface area contributed by atoms with Crippen LogP contribution < -0.4 is 5.32 Å². The van der Waals surface area contributed by atoms with Crippen LogP contribution in [0.15, 0.2) is 48.5 Å². The van der Waals surface area contributed by atoms with Crippen LogP contribution in [0.25, 0.3) is 11.1 Å².